The third kappa shape index (κ3) is 8.06. The van der Waals surface area contributed by atoms with Crippen molar-refractivity contribution in [1.82, 2.24) is 19.5 Å². The number of phosphoric acid groups is 3. The minimum Gasteiger partial charge on any atom is -0.789 e. The molecule has 5 N–H and O–H groups in total. The third-order valence-corrected chi connectivity index (χ3v) is 7.50. The summed E-state index contributed by atoms with van der Waals surface area (Å²) in [7, 11) is -17.5. The Morgan fingerprint density at radius 2 is 1.76 bits per heavy atom. The minimum atomic E-state index is -6.11. The molecule has 1 unspecified atom stereocenters. The number of aromatic nitrogens is 4. The molecule has 3 heterocycles. The normalized spacial score (nSPS) is 25.3. The summed E-state index contributed by atoms with van der Waals surface area (Å²) >= 11 is 0. The van der Waals surface area contributed by atoms with Crippen LogP contribution in [0.3, 0.4) is 0 Å². The second-order valence-corrected chi connectivity index (χ2v) is 10.3. The van der Waals surface area contributed by atoms with E-state index in [0.29, 0.717) is 0 Å². The van der Waals surface area contributed by atoms with Gasteiger partial charge in [-0.3, -0.25) is 18.2 Å². The van der Waals surface area contributed by atoms with Crippen molar-refractivity contribution in [2.75, 3.05) is 6.61 Å². The van der Waals surface area contributed by atoms with Gasteiger partial charge in [0.2, 0.25) is 0 Å². The van der Waals surface area contributed by atoms with E-state index < -0.39 is 60.2 Å². The Bertz CT molecular complexity index is 1140. The van der Waals surface area contributed by atoms with Gasteiger partial charge in [-0.05, 0) is 0 Å². The van der Waals surface area contributed by atoms with Gasteiger partial charge in [-0.25, -0.2) is 19.1 Å². The van der Waals surface area contributed by atoms with Crippen LogP contribution in [0.4, 0.5) is 0 Å². The van der Waals surface area contributed by atoms with E-state index in [1.807, 2.05) is 0 Å². The summed E-state index contributed by atoms with van der Waals surface area (Å²) in [6.07, 6.45) is -4.42. The van der Waals surface area contributed by atoms with Crippen LogP contribution < -0.4 is 74.5 Å². The van der Waals surface area contributed by atoms with Crippen LogP contribution in [0.5, 0.6) is 0 Å². The van der Waals surface area contributed by atoms with E-state index >= 15 is 0 Å². The number of aliphatic hydroxyl groups is 2. The molecule has 0 aliphatic carbocycles. The molecule has 3 rings (SSSR count). The van der Waals surface area contributed by atoms with Crippen molar-refractivity contribution < 1.29 is 120 Å². The van der Waals surface area contributed by atoms with Crippen LogP contribution in [0.15, 0.2) is 17.4 Å². The van der Waals surface area contributed by atoms with E-state index in [0.717, 1.165) is 17.2 Å². The van der Waals surface area contributed by atoms with Crippen molar-refractivity contribution in [3.8, 4) is 0 Å². The summed E-state index contributed by atoms with van der Waals surface area (Å²) in [5.74, 6) is 0. The van der Waals surface area contributed by atoms with Crippen molar-refractivity contribution in [2.45, 2.75) is 24.5 Å². The molecule has 5 atom stereocenters. The molecular weight excluding hydrogens is 539 g/mol. The number of nitrogens with one attached hydrogen (secondary N) is 1. The standard InChI is InChI=1S/C10H15N4O14P3.2Na/c15-6-4(1-25-31(24,27-29(18,19)20)28-30(21,22)23)26-10(7(6)16)14-3-13-5-8(14)11-2-12-9(5)17;;/h2-4,6-7,10,15-16H,1H2,(H,11,12,17)(H2,18,19,20)(H2,21,22,23);;/q;2*+1/p-2/t4-,6-,7-,10-;;/m1../s1. The van der Waals surface area contributed by atoms with Crippen LogP contribution in [0.2, 0.25) is 0 Å². The van der Waals surface area contributed by atoms with E-state index in [-0.39, 0.29) is 70.3 Å². The van der Waals surface area contributed by atoms with Crippen LogP contribution in [-0.2, 0) is 31.6 Å². The Labute approximate surface area is 227 Å². The zero-order valence-corrected chi connectivity index (χ0v) is 23.4. The van der Waals surface area contributed by atoms with Gasteiger partial charge in [0.25, 0.3) is 5.56 Å². The molecule has 0 spiro atoms. The van der Waals surface area contributed by atoms with E-state index in [9.17, 15) is 38.5 Å². The molecule has 0 bridgehead atoms. The summed E-state index contributed by atoms with van der Waals surface area (Å²) < 4.78 is 51.6. The molecule has 0 aromatic carbocycles. The smallest absolute Gasteiger partial charge is 0.789 e. The summed E-state index contributed by atoms with van der Waals surface area (Å²) in [6.45, 7) is -1.12. The summed E-state index contributed by atoms with van der Waals surface area (Å²) in [6, 6.07) is 0. The number of ether oxygens (including phenoxy) is 1. The predicted octanol–water partition coefficient (Wildman–Crippen LogP) is -9.17. The molecule has 0 amide bonds. The van der Waals surface area contributed by atoms with Crippen LogP contribution in [-0.4, -0.2) is 64.4 Å². The average Bonchev–Trinajstić information content (AvgIpc) is 3.13. The van der Waals surface area contributed by atoms with Gasteiger partial charge >= 0.3 is 74.8 Å². The second-order valence-electron chi connectivity index (χ2n) is 5.95. The summed E-state index contributed by atoms with van der Waals surface area (Å²) in [5.41, 5.74) is -0.773. The van der Waals surface area contributed by atoms with Crippen molar-refractivity contribution >= 4 is 34.6 Å². The Kier molecular flexibility index (Phi) is 11.3. The first kappa shape index (κ1) is 31.7. The predicted molar refractivity (Wildman–Crippen MR) is 89.5 cm³/mol. The number of rotatable bonds is 8. The maximum atomic E-state index is 12.1. The van der Waals surface area contributed by atoms with E-state index in [2.05, 4.69) is 28.1 Å². The Hall–Kier alpha value is 0.640. The van der Waals surface area contributed by atoms with E-state index in [1.165, 1.54) is 0 Å². The van der Waals surface area contributed by atoms with Gasteiger partial charge in [0.1, 0.15) is 18.3 Å². The van der Waals surface area contributed by atoms with E-state index in [4.69, 9.17) is 14.5 Å². The fraction of sp³-hybridized carbons (Fsp3) is 0.500. The maximum absolute atomic E-state index is 12.1. The maximum Gasteiger partial charge on any atom is 1.00 e. The van der Waals surface area contributed by atoms with Gasteiger partial charge in [-0.15, -0.1) is 0 Å². The molecule has 2 aromatic heterocycles. The molecule has 1 aliphatic heterocycles. The van der Waals surface area contributed by atoms with Gasteiger partial charge in [-0.2, -0.15) is 4.31 Å². The summed E-state index contributed by atoms with van der Waals surface area (Å²) in [4.78, 5) is 60.5. The van der Waals surface area contributed by atoms with Gasteiger partial charge in [0, 0.05) is 0 Å². The molecule has 0 saturated carbocycles. The van der Waals surface area contributed by atoms with Gasteiger partial charge in [0.15, 0.2) is 17.4 Å². The van der Waals surface area contributed by atoms with Crippen LogP contribution in [0.1, 0.15) is 6.23 Å². The second kappa shape index (κ2) is 11.8. The zero-order valence-electron chi connectivity index (χ0n) is 16.7. The molecule has 23 heteroatoms. The zero-order chi connectivity index (χ0) is 23.2. The third-order valence-electron chi connectivity index (χ3n) is 3.78. The molecule has 1 aliphatic rings. The fourth-order valence-corrected chi connectivity index (χ4v) is 5.74. The van der Waals surface area contributed by atoms with E-state index in [1.54, 1.807) is 0 Å². The van der Waals surface area contributed by atoms with Crippen LogP contribution in [0, 0.1) is 0 Å². The quantitative estimate of drug-likeness (QED) is 0.150. The first-order valence-electron chi connectivity index (χ1n) is 7.86. The number of H-pyrrole nitrogens is 1. The van der Waals surface area contributed by atoms with Crippen molar-refractivity contribution in [3.05, 3.63) is 23.0 Å². The molecule has 1 saturated heterocycles. The molecule has 33 heavy (non-hydrogen) atoms. The number of hydrogen-bond acceptors (Lipinski definition) is 14. The average molecular weight is 552 g/mol. The van der Waals surface area contributed by atoms with Gasteiger partial charge in [0.05, 0.1) is 27.1 Å². The number of aromatic amines is 1. The number of imidazole rings is 1. The first-order chi connectivity index (χ1) is 14.2. The Balaban J connectivity index is 0.00000272. The Morgan fingerprint density at radius 3 is 2.33 bits per heavy atom. The molecule has 0 radical (unpaired) electrons. The molecule has 18 nitrogen and oxygen atoms in total. The van der Waals surface area contributed by atoms with Crippen molar-refractivity contribution in [3.63, 3.8) is 0 Å². The topological polar surface area (TPSA) is 279 Å². The van der Waals surface area contributed by atoms with Crippen molar-refractivity contribution in [1.29, 1.82) is 0 Å². The summed E-state index contributed by atoms with van der Waals surface area (Å²) in [5, 5.41) is 20.4. The molecule has 174 valence electrons. The molecule has 1 fully saturated rings. The largest absolute Gasteiger partial charge is 1.00 e. The Morgan fingerprint density at radius 1 is 1.12 bits per heavy atom. The van der Waals surface area contributed by atoms with Gasteiger partial charge in [-0.1, -0.05) is 0 Å². The van der Waals surface area contributed by atoms with Crippen LogP contribution >= 0.6 is 23.5 Å². The SMILES string of the molecule is O=c1[nH]cnc2c1ncn2[C@@H]1O[C@H](COP(=O)(OP(=O)([O-])[O-])OP(=O)(O)O)[C@@H](O)[C@H]1O.[Na+].[Na+]. The van der Waals surface area contributed by atoms with Gasteiger partial charge < -0.3 is 44.1 Å². The fourth-order valence-electron chi connectivity index (χ4n) is 2.63. The minimum absolute atomic E-state index is 0. The molecule has 2 aromatic rings. The number of fused-ring (bicyclic) bond motifs is 1. The number of aliphatic hydroxyl groups excluding tert-OH is 2. The number of hydrogen-bond donors (Lipinski definition) is 5. The van der Waals surface area contributed by atoms with Crippen LogP contribution in [0.25, 0.3) is 11.2 Å². The number of nitrogens with zero attached hydrogens (tertiary/aromatic N) is 3. The monoisotopic (exact) mass is 552 g/mol. The first-order valence-corrected chi connectivity index (χ1v) is 12.3. The molecular formula is C10H13N4Na2O14P3. The van der Waals surface area contributed by atoms with Crippen molar-refractivity contribution in [2.24, 2.45) is 0 Å².